The maximum atomic E-state index is 13.2. The molecule has 0 bridgehead atoms. The van der Waals surface area contributed by atoms with Gasteiger partial charge in [-0.2, -0.15) is 0 Å². The number of fused-ring (bicyclic) bond motifs is 1. The third kappa shape index (κ3) is 4.72. The minimum absolute atomic E-state index is 0.0294. The molecule has 35 heavy (non-hydrogen) atoms. The molecule has 1 N–H and O–H groups in total. The molecule has 2 aromatic carbocycles. The molecular formula is C28H32N4O3. The van der Waals surface area contributed by atoms with Crippen molar-refractivity contribution in [3.63, 3.8) is 0 Å². The van der Waals surface area contributed by atoms with Crippen LogP contribution in [0.15, 0.2) is 42.5 Å². The van der Waals surface area contributed by atoms with E-state index in [9.17, 15) is 9.59 Å². The number of methoxy groups -OCH3 is 1. The monoisotopic (exact) mass is 472 g/mol. The Labute approximate surface area is 205 Å². The van der Waals surface area contributed by atoms with E-state index in [2.05, 4.69) is 15.3 Å². The molecule has 7 heteroatoms. The number of hydrogen-bond acceptors (Lipinski definition) is 5. The van der Waals surface area contributed by atoms with Crippen LogP contribution >= 0.6 is 0 Å². The van der Waals surface area contributed by atoms with Gasteiger partial charge in [-0.05, 0) is 80.8 Å². The number of nitrogens with zero attached hydrogens (tertiary/aromatic N) is 3. The molecule has 1 saturated heterocycles. The highest BCUT2D eigenvalue weighted by Gasteiger charge is 2.58. The zero-order chi connectivity index (χ0) is 24.6. The normalized spacial score (nSPS) is 18.5. The molecule has 2 amide bonds. The quantitative estimate of drug-likeness (QED) is 0.589. The largest absolute Gasteiger partial charge is 0.497 e. The fourth-order valence-electron chi connectivity index (χ4n) is 5.25. The number of ether oxygens (including phenoxy) is 1. The van der Waals surface area contributed by atoms with E-state index in [0.29, 0.717) is 25.2 Å². The van der Waals surface area contributed by atoms with Gasteiger partial charge in [0.1, 0.15) is 5.75 Å². The van der Waals surface area contributed by atoms with Crippen LogP contribution in [0.4, 0.5) is 0 Å². The average Bonchev–Trinajstić information content (AvgIpc) is 3.57. The smallest absolute Gasteiger partial charge is 0.253 e. The first-order valence-corrected chi connectivity index (χ1v) is 12.3. The van der Waals surface area contributed by atoms with Crippen LogP contribution in [0.25, 0.3) is 11.0 Å². The van der Waals surface area contributed by atoms with Crippen molar-refractivity contribution in [1.29, 1.82) is 0 Å². The Morgan fingerprint density at radius 3 is 2.54 bits per heavy atom. The number of likely N-dealkylation sites (tertiary alicyclic amines) is 1. The number of piperidine rings is 1. The lowest BCUT2D eigenvalue weighted by Crippen LogP contribution is -2.40. The maximum absolute atomic E-state index is 13.2. The highest BCUT2D eigenvalue weighted by molar-refractivity contribution is 5.97. The van der Waals surface area contributed by atoms with Gasteiger partial charge < -0.3 is 15.0 Å². The number of aryl methyl sites for hydroxylation is 2. The number of amides is 2. The van der Waals surface area contributed by atoms with Gasteiger partial charge in [-0.25, -0.2) is 9.97 Å². The van der Waals surface area contributed by atoms with Crippen LogP contribution in [0, 0.1) is 25.2 Å². The van der Waals surface area contributed by atoms with Crippen LogP contribution in [0.1, 0.15) is 46.6 Å². The van der Waals surface area contributed by atoms with Crippen molar-refractivity contribution in [2.75, 3.05) is 26.7 Å². The van der Waals surface area contributed by atoms with Crippen molar-refractivity contribution in [1.82, 2.24) is 20.2 Å². The summed E-state index contributed by atoms with van der Waals surface area (Å²) in [5.41, 5.74) is 5.19. The molecule has 1 aliphatic heterocycles. The summed E-state index contributed by atoms with van der Waals surface area (Å²) < 4.78 is 5.27. The number of carbonyl (C=O) groups excluding carboxylic acids is 2. The van der Waals surface area contributed by atoms with E-state index in [4.69, 9.17) is 4.74 Å². The minimum Gasteiger partial charge on any atom is -0.497 e. The predicted molar refractivity (Wildman–Crippen MR) is 134 cm³/mol. The predicted octanol–water partition coefficient (Wildman–Crippen LogP) is 3.86. The Morgan fingerprint density at radius 1 is 1.06 bits per heavy atom. The molecule has 182 valence electrons. The molecule has 1 aromatic heterocycles. The van der Waals surface area contributed by atoms with Crippen molar-refractivity contribution in [3.05, 3.63) is 65.0 Å². The topological polar surface area (TPSA) is 84.4 Å². The zero-order valence-corrected chi connectivity index (χ0v) is 20.6. The first kappa shape index (κ1) is 23.3. The molecule has 1 unspecified atom stereocenters. The molecule has 1 saturated carbocycles. The van der Waals surface area contributed by atoms with Crippen LogP contribution < -0.4 is 10.1 Å². The van der Waals surface area contributed by atoms with E-state index in [1.54, 1.807) is 7.11 Å². The second kappa shape index (κ2) is 9.29. The lowest BCUT2D eigenvalue weighted by Gasteiger charge is -2.33. The third-order valence-electron chi connectivity index (χ3n) is 7.72. The molecule has 5 rings (SSSR count). The Balaban J connectivity index is 1.13. The summed E-state index contributed by atoms with van der Waals surface area (Å²) >= 11 is 0. The van der Waals surface area contributed by atoms with E-state index in [1.165, 1.54) is 0 Å². The number of benzene rings is 2. The van der Waals surface area contributed by atoms with Crippen molar-refractivity contribution < 1.29 is 14.3 Å². The standard InChI is InChI=1S/C28H32N4O3/c1-18-19(2)31-25-16-21(7-8-24(25)30-18)27(34)32-13-10-28(11-14-32)17-23(28)26(33)29-12-9-20-5-4-6-22(15-20)35-3/h4-8,15-16,23H,9-14,17H2,1-3H3,(H,29,33). The summed E-state index contributed by atoms with van der Waals surface area (Å²) in [4.78, 5) is 37.0. The number of rotatable bonds is 6. The molecule has 3 aromatic rings. The molecule has 2 fully saturated rings. The van der Waals surface area contributed by atoms with Crippen molar-refractivity contribution >= 4 is 22.8 Å². The van der Waals surface area contributed by atoms with Crippen molar-refractivity contribution in [2.45, 2.75) is 39.5 Å². The highest BCUT2D eigenvalue weighted by Crippen LogP contribution is 2.59. The lowest BCUT2D eigenvalue weighted by atomic mass is 9.90. The molecule has 2 aliphatic rings. The van der Waals surface area contributed by atoms with Gasteiger partial charge in [-0.3, -0.25) is 9.59 Å². The Kier molecular flexibility index (Phi) is 6.17. The third-order valence-corrected chi connectivity index (χ3v) is 7.72. The molecule has 1 atom stereocenters. The van der Waals surface area contributed by atoms with E-state index in [1.807, 2.05) is 61.2 Å². The van der Waals surface area contributed by atoms with E-state index < -0.39 is 0 Å². The van der Waals surface area contributed by atoms with Crippen LogP contribution in [-0.2, 0) is 11.2 Å². The fraction of sp³-hybridized carbons (Fsp3) is 0.429. The first-order chi connectivity index (χ1) is 16.9. The summed E-state index contributed by atoms with van der Waals surface area (Å²) in [6, 6.07) is 13.5. The second-order valence-corrected chi connectivity index (χ2v) is 9.90. The van der Waals surface area contributed by atoms with Gasteiger partial charge in [-0.1, -0.05) is 12.1 Å². The fourth-order valence-corrected chi connectivity index (χ4v) is 5.25. The van der Waals surface area contributed by atoms with Gasteiger partial charge in [0.05, 0.1) is 29.5 Å². The molecule has 1 spiro atoms. The summed E-state index contributed by atoms with van der Waals surface area (Å²) in [6.45, 7) is 5.86. The summed E-state index contributed by atoms with van der Waals surface area (Å²) in [5.74, 6) is 1.07. The molecule has 2 heterocycles. The molecule has 7 nitrogen and oxygen atoms in total. The second-order valence-electron chi connectivity index (χ2n) is 9.90. The summed E-state index contributed by atoms with van der Waals surface area (Å²) in [5, 5.41) is 3.11. The Morgan fingerprint density at radius 2 is 1.80 bits per heavy atom. The van der Waals surface area contributed by atoms with Crippen molar-refractivity contribution in [3.8, 4) is 5.75 Å². The minimum atomic E-state index is 0.0294. The Bertz CT molecular complexity index is 1280. The van der Waals surface area contributed by atoms with Crippen LogP contribution in [0.2, 0.25) is 0 Å². The van der Waals surface area contributed by atoms with Gasteiger partial charge >= 0.3 is 0 Å². The van der Waals surface area contributed by atoms with Crippen LogP contribution in [-0.4, -0.2) is 53.4 Å². The van der Waals surface area contributed by atoms with E-state index >= 15 is 0 Å². The average molecular weight is 473 g/mol. The zero-order valence-electron chi connectivity index (χ0n) is 20.6. The molecular weight excluding hydrogens is 440 g/mol. The maximum Gasteiger partial charge on any atom is 0.253 e. The van der Waals surface area contributed by atoms with Gasteiger partial charge in [0, 0.05) is 31.1 Å². The van der Waals surface area contributed by atoms with Crippen molar-refractivity contribution in [2.24, 2.45) is 11.3 Å². The van der Waals surface area contributed by atoms with Gasteiger partial charge in [-0.15, -0.1) is 0 Å². The number of aromatic nitrogens is 2. The number of hydrogen-bond donors (Lipinski definition) is 1. The lowest BCUT2D eigenvalue weighted by molar-refractivity contribution is -0.123. The van der Waals surface area contributed by atoms with E-state index in [0.717, 1.165) is 59.4 Å². The molecule has 1 aliphatic carbocycles. The SMILES string of the molecule is COc1cccc(CCNC(=O)C2CC23CCN(C(=O)c2ccc4nc(C)c(C)nc4c2)CC3)c1. The first-order valence-electron chi connectivity index (χ1n) is 12.3. The number of carbonyl (C=O) groups is 2. The van der Waals surface area contributed by atoms with Gasteiger partial charge in [0.2, 0.25) is 5.91 Å². The van der Waals surface area contributed by atoms with E-state index in [-0.39, 0.29) is 23.1 Å². The summed E-state index contributed by atoms with van der Waals surface area (Å²) in [6.07, 6.45) is 3.45. The van der Waals surface area contributed by atoms with Crippen LogP contribution in [0.5, 0.6) is 5.75 Å². The van der Waals surface area contributed by atoms with Gasteiger partial charge in [0.15, 0.2) is 0 Å². The summed E-state index contributed by atoms with van der Waals surface area (Å²) in [7, 11) is 1.66. The van der Waals surface area contributed by atoms with Crippen LogP contribution in [0.3, 0.4) is 0 Å². The van der Waals surface area contributed by atoms with Gasteiger partial charge in [0.25, 0.3) is 5.91 Å². The highest BCUT2D eigenvalue weighted by atomic mass is 16.5. The Hall–Kier alpha value is -3.48. The molecule has 0 radical (unpaired) electrons. The number of nitrogens with one attached hydrogen (secondary N) is 1.